The van der Waals surface area contributed by atoms with Gasteiger partial charge in [0.25, 0.3) is 0 Å². The zero-order chi connectivity index (χ0) is 21.3. The summed E-state index contributed by atoms with van der Waals surface area (Å²) in [6.45, 7) is 2.55. The Labute approximate surface area is 181 Å². The van der Waals surface area contributed by atoms with Gasteiger partial charge in [-0.05, 0) is 55.2 Å². The summed E-state index contributed by atoms with van der Waals surface area (Å²) in [6.07, 6.45) is 5.70. The summed E-state index contributed by atoms with van der Waals surface area (Å²) in [5.41, 5.74) is 2.79. The Bertz CT molecular complexity index is 929. The fraction of sp³-hybridized carbons (Fsp3) is 0.348. The van der Waals surface area contributed by atoms with Gasteiger partial charge in [0.15, 0.2) is 0 Å². The standard InChI is InChI=1S/C23H25ClN4O2/c24-19-8-7-18(16-25)21(15-19)27-23(30)22(29)26-12-11-17-5-9-20(10-6-17)28-13-3-1-2-4-14-28/h5-10,15H,1-4,11-14H2,(H,26,29)(H,27,30). The molecule has 0 atom stereocenters. The van der Waals surface area contributed by atoms with Crippen molar-refractivity contribution in [3.8, 4) is 6.07 Å². The number of hydrogen-bond acceptors (Lipinski definition) is 4. The molecule has 7 heteroatoms. The van der Waals surface area contributed by atoms with Crippen molar-refractivity contribution in [1.29, 1.82) is 5.26 Å². The quantitative estimate of drug-likeness (QED) is 0.713. The molecule has 0 unspecified atom stereocenters. The second kappa shape index (κ2) is 10.7. The maximum absolute atomic E-state index is 12.1. The van der Waals surface area contributed by atoms with Crippen LogP contribution in [0.4, 0.5) is 11.4 Å². The van der Waals surface area contributed by atoms with Crippen LogP contribution in [0.25, 0.3) is 0 Å². The van der Waals surface area contributed by atoms with Crippen molar-refractivity contribution >= 4 is 34.8 Å². The molecule has 0 bridgehead atoms. The highest BCUT2D eigenvalue weighted by Crippen LogP contribution is 2.21. The summed E-state index contributed by atoms with van der Waals surface area (Å²) in [4.78, 5) is 26.6. The lowest BCUT2D eigenvalue weighted by atomic mass is 10.1. The zero-order valence-electron chi connectivity index (χ0n) is 16.8. The molecule has 1 heterocycles. The van der Waals surface area contributed by atoms with E-state index >= 15 is 0 Å². The first-order chi connectivity index (χ1) is 14.6. The van der Waals surface area contributed by atoms with Gasteiger partial charge in [0.05, 0.1) is 11.3 Å². The number of amides is 2. The molecule has 0 radical (unpaired) electrons. The topological polar surface area (TPSA) is 85.2 Å². The molecule has 156 valence electrons. The predicted molar refractivity (Wildman–Crippen MR) is 119 cm³/mol. The first-order valence-corrected chi connectivity index (χ1v) is 10.6. The Morgan fingerprint density at radius 1 is 1.00 bits per heavy atom. The van der Waals surface area contributed by atoms with Crippen LogP contribution in [-0.2, 0) is 16.0 Å². The van der Waals surface area contributed by atoms with Crippen molar-refractivity contribution in [1.82, 2.24) is 5.32 Å². The van der Waals surface area contributed by atoms with Gasteiger partial charge in [0.2, 0.25) is 0 Å². The smallest absolute Gasteiger partial charge is 0.313 e. The van der Waals surface area contributed by atoms with Crippen LogP contribution in [-0.4, -0.2) is 31.4 Å². The molecule has 1 fully saturated rings. The van der Waals surface area contributed by atoms with Gasteiger partial charge in [-0.3, -0.25) is 9.59 Å². The molecule has 0 aliphatic carbocycles. The molecule has 3 rings (SSSR count). The summed E-state index contributed by atoms with van der Waals surface area (Å²) in [5.74, 6) is -1.58. The molecule has 1 aliphatic rings. The molecule has 2 amide bonds. The third-order valence-electron chi connectivity index (χ3n) is 5.16. The Kier molecular flexibility index (Phi) is 7.69. The lowest BCUT2D eigenvalue weighted by molar-refractivity contribution is -0.136. The van der Waals surface area contributed by atoms with E-state index in [1.165, 1.54) is 43.5 Å². The normalized spacial score (nSPS) is 13.8. The molecule has 0 saturated carbocycles. The van der Waals surface area contributed by atoms with Gasteiger partial charge in [-0.2, -0.15) is 5.26 Å². The average Bonchev–Trinajstić information content (AvgIpc) is 3.04. The second-order valence-corrected chi connectivity index (χ2v) is 7.77. The van der Waals surface area contributed by atoms with E-state index in [4.69, 9.17) is 16.9 Å². The Morgan fingerprint density at radius 3 is 2.37 bits per heavy atom. The van der Waals surface area contributed by atoms with Crippen LogP contribution in [0.2, 0.25) is 5.02 Å². The van der Waals surface area contributed by atoms with Crippen molar-refractivity contribution in [3.63, 3.8) is 0 Å². The van der Waals surface area contributed by atoms with Crippen molar-refractivity contribution < 1.29 is 9.59 Å². The van der Waals surface area contributed by atoms with Gasteiger partial charge in [-0.25, -0.2) is 0 Å². The number of carbonyl (C=O) groups excluding carboxylic acids is 2. The number of halogens is 1. The van der Waals surface area contributed by atoms with Gasteiger partial charge < -0.3 is 15.5 Å². The third kappa shape index (κ3) is 5.98. The van der Waals surface area contributed by atoms with Crippen LogP contribution in [0.1, 0.15) is 36.8 Å². The highest BCUT2D eigenvalue weighted by atomic mass is 35.5. The van der Waals surface area contributed by atoms with Crippen molar-refractivity contribution in [3.05, 3.63) is 58.6 Å². The number of nitriles is 1. The highest BCUT2D eigenvalue weighted by molar-refractivity contribution is 6.40. The molecule has 1 saturated heterocycles. The van der Waals surface area contributed by atoms with E-state index in [1.807, 2.05) is 6.07 Å². The van der Waals surface area contributed by atoms with Crippen LogP contribution in [0.15, 0.2) is 42.5 Å². The van der Waals surface area contributed by atoms with E-state index in [2.05, 4.69) is 39.8 Å². The fourth-order valence-electron chi connectivity index (χ4n) is 3.50. The number of nitrogens with zero attached hydrogens (tertiary/aromatic N) is 2. The highest BCUT2D eigenvalue weighted by Gasteiger charge is 2.15. The SMILES string of the molecule is N#Cc1ccc(Cl)cc1NC(=O)C(=O)NCCc1ccc(N2CCCCCC2)cc1. The van der Waals surface area contributed by atoms with Gasteiger partial charge in [-0.15, -0.1) is 0 Å². The molecule has 2 aromatic carbocycles. The summed E-state index contributed by atoms with van der Waals surface area (Å²) >= 11 is 5.89. The van der Waals surface area contributed by atoms with Crippen LogP contribution in [0.5, 0.6) is 0 Å². The summed E-state index contributed by atoms with van der Waals surface area (Å²) < 4.78 is 0. The molecule has 30 heavy (non-hydrogen) atoms. The fourth-order valence-corrected chi connectivity index (χ4v) is 3.67. The maximum Gasteiger partial charge on any atom is 0.313 e. The number of hydrogen-bond donors (Lipinski definition) is 2. The van der Waals surface area contributed by atoms with Crippen LogP contribution in [0.3, 0.4) is 0 Å². The molecule has 2 aromatic rings. The molecule has 6 nitrogen and oxygen atoms in total. The van der Waals surface area contributed by atoms with Gasteiger partial charge in [-0.1, -0.05) is 36.6 Å². The summed E-state index contributed by atoms with van der Waals surface area (Å²) in [7, 11) is 0. The molecule has 1 aliphatic heterocycles. The lowest BCUT2D eigenvalue weighted by Crippen LogP contribution is -2.36. The largest absolute Gasteiger partial charge is 0.372 e. The first-order valence-electron chi connectivity index (χ1n) is 10.2. The van der Waals surface area contributed by atoms with Gasteiger partial charge in [0, 0.05) is 30.3 Å². The molecule has 0 aromatic heterocycles. The van der Waals surface area contributed by atoms with Crippen LogP contribution < -0.4 is 15.5 Å². The number of rotatable bonds is 5. The lowest BCUT2D eigenvalue weighted by Gasteiger charge is -2.22. The second-order valence-electron chi connectivity index (χ2n) is 7.33. The van der Waals surface area contributed by atoms with Crippen molar-refractivity contribution in [2.45, 2.75) is 32.1 Å². The third-order valence-corrected chi connectivity index (χ3v) is 5.40. The Hall–Kier alpha value is -3.04. The molecular formula is C23H25ClN4O2. The van der Waals surface area contributed by atoms with E-state index in [1.54, 1.807) is 6.07 Å². The van der Waals surface area contributed by atoms with Crippen molar-refractivity contribution in [2.24, 2.45) is 0 Å². The van der Waals surface area contributed by atoms with Crippen molar-refractivity contribution in [2.75, 3.05) is 29.9 Å². The minimum Gasteiger partial charge on any atom is -0.372 e. The summed E-state index contributed by atoms with van der Waals surface area (Å²) in [6, 6.07) is 14.8. The first kappa shape index (κ1) is 21.7. The molecular weight excluding hydrogens is 400 g/mol. The zero-order valence-corrected chi connectivity index (χ0v) is 17.5. The minimum absolute atomic E-state index is 0.217. The number of benzene rings is 2. The number of carbonyl (C=O) groups is 2. The molecule has 2 N–H and O–H groups in total. The van der Waals surface area contributed by atoms with E-state index < -0.39 is 11.8 Å². The van der Waals surface area contributed by atoms with Gasteiger partial charge in [0.1, 0.15) is 6.07 Å². The predicted octanol–water partition coefficient (Wildman–Crippen LogP) is 3.89. The number of nitrogens with one attached hydrogen (secondary N) is 2. The Balaban J connectivity index is 1.47. The Morgan fingerprint density at radius 2 is 1.70 bits per heavy atom. The number of anilines is 2. The molecule has 0 spiro atoms. The van der Waals surface area contributed by atoms with Crippen LogP contribution in [0, 0.1) is 11.3 Å². The van der Waals surface area contributed by atoms with E-state index in [9.17, 15) is 9.59 Å². The van der Waals surface area contributed by atoms with E-state index in [0.717, 1.165) is 18.7 Å². The van der Waals surface area contributed by atoms with E-state index in [-0.39, 0.29) is 11.3 Å². The average molecular weight is 425 g/mol. The maximum atomic E-state index is 12.1. The van der Waals surface area contributed by atoms with Gasteiger partial charge >= 0.3 is 11.8 Å². The minimum atomic E-state index is -0.828. The summed E-state index contributed by atoms with van der Waals surface area (Å²) in [5, 5.41) is 14.5. The van der Waals surface area contributed by atoms with Crippen LogP contribution >= 0.6 is 11.6 Å². The monoisotopic (exact) mass is 424 g/mol. The van der Waals surface area contributed by atoms with E-state index in [0.29, 0.717) is 18.0 Å².